The zero-order valence-corrected chi connectivity index (χ0v) is 19.4. The van der Waals surface area contributed by atoms with E-state index >= 15 is 0 Å². The molecule has 1 saturated carbocycles. The Labute approximate surface area is 201 Å². The predicted octanol–water partition coefficient (Wildman–Crippen LogP) is 4.31. The molecule has 1 aliphatic rings. The number of aryl methyl sites for hydroxylation is 1. The Morgan fingerprint density at radius 1 is 1.11 bits per heavy atom. The predicted molar refractivity (Wildman–Crippen MR) is 128 cm³/mol. The van der Waals surface area contributed by atoms with E-state index < -0.39 is 17.8 Å². The maximum Gasteiger partial charge on any atom is 0.251 e. The van der Waals surface area contributed by atoms with Crippen molar-refractivity contribution in [3.63, 3.8) is 0 Å². The van der Waals surface area contributed by atoms with Gasteiger partial charge in [-0.3, -0.25) is 14.5 Å². The average Bonchev–Trinajstić information content (AvgIpc) is 3.60. The van der Waals surface area contributed by atoms with Crippen molar-refractivity contribution >= 4 is 28.5 Å². The van der Waals surface area contributed by atoms with Crippen molar-refractivity contribution in [2.75, 3.05) is 4.90 Å². The van der Waals surface area contributed by atoms with Gasteiger partial charge >= 0.3 is 0 Å². The van der Waals surface area contributed by atoms with E-state index in [0.29, 0.717) is 28.2 Å². The van der Waals surface area contributed by atoms with Crippen molar-refractivity contribution in [3.8, 4) is 0 Å². The second kappa shape index (κ2) is 9.69. The second-order valence-electron chi connectivity index (χ2n) is 8.82. The van der Waals surface area contributed by atoms with E-state index in [0.717, 1.165) is 25.7 Å². The summed E-state index contributed by atoms with van der Waals surface area (Å²) in [6, 6.07) is 15.2. The maximum atomic E-state index is 13.8. The molecule has 0 radical (unpaired) electrons. The molecule has 1 aliphatic carbocycles. The number of hydrogen-bond acceptors (Lipinski definition) is 5. The summed E-state index contributed by atoms with van der Waals surface area (Å²) < 4.78 is 21.1. The Hall–Kier alpha value is -4.01. The van der Waals surface area contributed by atoms with E-state index in [9.17, 15) is 14.0 Å². The molecule has 0 saturated heterocycles. The van der Waals surface area contributed by atoms with Gasteiger partial charge < -0.3 is 9.73 Å². The highest BCUT2D eigenvalue weighted by atomic mass is 19.1. The molecule has 1 N–H and O–H groups in total. The number of rotatable bonds is 7. The summed E-state index contributed by atoms with van der Waals surface area (Å²) in [6.45, 7) is 1.62. The number of amides is 2. The summed E-state index contributed by atoms with van der Waals surface area (Å²) in [4.78, 5) is 28.8. The van der Waals surface area contributed by atoms with Gasteiger partial charge in [-0.05, 0) is 68.3 Å². The monoisotopic (exact) mass is 475 g/mol. The highest BCUT2D eigenvalue weighted by Gasteiger charge is 2.36. The Morgan fingerprint density at radius 2 is 1.86 bits per heavy atom. The Balaban J connectivity index is 1.55. The number of aromatic nitrogens is 3. The number of furan rings is 1. The molecule has 0 bridgehead atoms. The summed E-state index contributed by atoms with van der Waals surface area (Å²) in [5.41, 5.74) is 1.73. The molecule has 5 rings (SSSR count). The fourth-order valence-corrected chi connectivity index (χ4v) is 4.60. The van der Waals surface area contributed by atoms with Gasteiger partial charge in [0.1, 0.15) is 29.4 Å². The van der Waals surface area contributed by atoms with Crippen LogP contribution in [0.3, 0.4) is 0 Å². The van der Waals surface area contributed by atoms with Crippen molar-refractivity contribution in [1.82, 2.24) is 20.3 Å². The van der Waals surface area contributed by atoms with Gasteiger partial charge in [-0.1, -0.05) is 30.2 Å². The van der Waals surface area contributed by atoms with Crippen LogP contribution in [0.5, 0.6) is 0 Å². The van der Waals surface area contributed by atoms with Crippen LogP contribution in [0.15, 0.2) is 65.1 Å². The standard InChI is InChI=1S/C26H26FN5O3/c1-17-10-15-23(35-17)25(26(34)28-19-6-2-3-7-19)32(20-13-11-18(27)12-14-20)24(33)16-31-22-9-5-4-8-21(22)29-30-31/h4-5,8-15,19,25H,2-3,6-7,16H2,1H3,(H,28,34)/t25-/m1/s1. The van der Waals surface area contributed by atoms with Gasteiger partial charge in [-0.25, -0.2) is 9.07 Å². The highest BCUT2D eigenvalue weighted by molar-refractivity contribution is 6.01. The van der Waals surface area contributed by atoms with Crippen LogP contribution in [-0.4, -0.2) is 32.9 Å². The van der Waals surface area contributed by atoms with Gasteiger partial charge in [0, 0.05) is 11.7 Å². The first-order valence-corrected chi connectivity index (χ1v) is 11.7. The molecule has 1 fully saturated rings. The van der Waals surface area contributed by atoms with Gasteiger partial charge in [0.25, 0.3) is 5.91 Å². The molecule has 0 aliphatic heterocycles. The Bertz CT molecular complexity index is 1340. The minimum Gasteiger partial charge on any atom is -0.464 e. The fraction of sp³-hybridized carbons (Fsp3) is 0.308. The number of anilines is 1. The lowest BCUT2D eigenvalue weighted by Gasteiger charge is -2.31. The molecule has 2 heterocycles. The van der Waals surface area contributed by atoms with E-state index in [-0.39, 0.29) is 18.5 Å². The maximum absolute atomic E-state index is 13.8. The van der Waals surface area contributed by atoms with Gasteiger partial charge in [-0.15, -0.1) is 5.10 Å². The Morgan fingerprint density at radius 3 is 2.57 bits per heavy atom. The van der Waals surface area contributed by atoms with Gasteiger partial charge in [-0.2, -0.15) is 0 Å². The average molecular weight is 476 g/mol. The molecule has 2 aromatic heterocycles. The molecule has 4 aromatic rings. The number of para-hydroxylation sites is 1. The molecule has 180 valence electrons. The van der Waals surface area contributed by atoms with Crippen molar-refractivity contribution in [2.45, 2.75) is 51.2 Å². The van der Waals surface area contributed by atoms with Crippen LogP contribution in [0.25, 0.3) is 11.0 Å². The zero-order valence-electron chi connectivity index (χ0n) is 19.4. The number of halogens is 1. The lowest BCUT2D eigenvalue weighted by atomic mass is 10.1. The summed E-state index contributed by atoms with van der Waals surface area (Å²) in [7, 11) is 0. The van der Waals surface area contributed by atoms with Crippen molar-refractivity contribution in [1.29, 1.82) is 0 Å². The molecular formula is C26H26FN5O3. The molecule has 9 heteroatoms. The van der Waals surface area contributed by atoms with Crippen LogP contribution < -0.4 is 10.2 Å². The van der Waals surface area contributed by atoms with Gasteiger partial charge in [0.15, 0.2) is 6.04 Å². The SMILES string of the molecule is Cc1ccc([C@H](C(=O)NC2CCCC2)N(C(=O)Cn2nnc3ccccc32)c2ccc(F)cc2)o1. The topological polar surface area (TPSA) is 93.3 Å². The zero-order chi connectivity index (χ0) is 24.4. The molecule has 1 atom stereocenters. The number of fused-ring (bicyclic) bond motifs is 1. The molecule has 35 heavy (non-hydrogen) atoms. The number of carbonyl (C=O) groups excluding carboxylic acids is 2. The van der Waals surface area contributed by atoms with E-state index in [2.05, 4.69) is 15.6 Å². The molecule has 2 amide bonds. The van der Waals surface area contributed by atoms with Crippen molar-refractivity contribution < 1.29 is 18.4 Å². The third-order valence-electron chi connectivity index (χ3n) is 6.32. The van der Waals surface area contributed by atoms with E-state index in [1.807, 2.05) is 24.3 Å². The van der Waals surface area contributed by atoms with Crippen molar-refractivity contribution in [2.24, 2.45) is 0 Å². The van der Waals surface area contributed by atoms with Crippen LogP contribution in [-0.2, 0) is 16.1 Å². The number of benzene rings is 2. The van der Waals surface area contributed by atoms with Crippen LogP contribution >= 0.6 is 0 Å². The quantitative estimate of drug-likeness (QED) is 0.430. The molecule has 8 nitrogen and oxygen atoms in total. The third-order valence-corrected chi connectivity index (χ3v) is 6.32. The largest absolute Gasteiger partial charge is 0.464 e. The molecule has 0 spiro atoms. The first-order valence-electron chi connectivity index (χ1n) is 11.7. The van der Waals surface area contributed by atoms with E-state index in [4.69, 9.17) is 4.42 Å². The smallest absolute Gasteiger partial charge is 0.251 e. The van der Waals surface area contributed by atoms with Crippen LogP contribution in [0.1, 0.15) is 43.2 Å². The minimum absolute atomic E-state index is 0.0467. The minimum atomic E-state index is -1.07. The molecular weight excluding hydrogens is 449 g/mol. The van der Waals surface area contributed by atoms with Crippen LogP contribution in [0.4, 0.5) is 10.1 Å². The van der Waals surface area contributed by atoms with Gasteiger partial charge in [0.05, 0.1) is 5.52 Å². The van der Waals surface area contributed by atoms with Gasteiger partial charge in [0.2, 0.25) is 5.91 Å². The summed E-state index contributed by atoms with van der Waals surface area (Å²) in [6.07, 6.45) is 3.89. The fourth-order valence-electron chi connectivity index (χ4n) is 4.60. The molecule has 0 unspecified atom stereocenters. The van der Waals surface area contributed by atoms with E-state index in [1.165, 1.54) is 33.8 Å². The third kappa shape index (κ3) is 4.80. The van der Waals surface area contributed by atoms with Crippen molar-refractivity contribution in [3.05, 3.63) is 78.0 Å². The van der Waals surface area contributed by atoms with E-state index in [1.54, 1.807) is 19.1 Å². The number of hydrogen-bond donors (Lipinski definition) is 1. The van der Waals surface area contributed by atoms with Crippen LogP contribution in [0, 0.1) is 12.7 Å². The Kier molecular flexibility index (Phi) is 6.31. The first-order chi connectivity index (χ1) is 17.0. The lowest BCUT2D eigenvalue weighted by Crippen LogP contribution is -2.47. The summed E-state index contributed by atoms with van der Waals surface area (Å²) in [5, 5.41) is 11.3. The normalized spacial score (nSPS) is 14.8. The summed E-state index contributed by atoms with van der Waals surface area (Å²) >= 11 is 0. The lowest BCUT2D eigenvalue weighted by molar-refractivity contribution is -0.127. The number of carbonyl (C=O) groups is 2. The highest BCUT2D eigenvalue weighted by Crippen LogP contribution is 2.31. The first kappa shape index (κ1) is 22.8. The second-order valence-corrected chi connectivity index (χ2v) is 8.82. The molecule has 2 aromatic carbocycles. The number of nitrogens with zero attached hydrogens (tertiary/aromatic N) is 4. The number of nitrogens with one attached hydrogen (secondary N) is 1. The van der Waals surface area contributed by atoms with Crippen LogP contribution in [0.2, 0.25) is 0 Å². The summed E-state index contributed by atoms with van der Waals surface area (Å²) in [5.74, 6) is -0.240.